The predicted octanol–water partition coefficient (Wildman–Crippen LogP) is 3.72. The molecule has 3 aromatic rings. The van der Waals surface area contributed by atoms with Crippen LogP contribution in [-0.2, 0) is 17.8 Å². The van der Waals surface area contributed by atoms with Crippen molar-refractivity contribution in [3.63, 3.8) is 0 Å². The highest BCUT2D eigenvalue weighted by molar-refractivity contribution is 5.99. The highest BCUT2D eigenvalue weighted by atomic mass is 19.1. The van der Waals surface area contributed by atoms with Crippen molar-refractivity contribution in [3.8, 4) is 11.1 Å². The molecule has 0 fully saturated rings. The lowest BCUT2D eigenvalue weighted by Gasteiger charge is -2.22. The molecule has 0 spiro atoms. The quantitative estimate of drug-likeness (QED) is 0.754. The van der Waals surface area contributed by atoms with Crippen LogP contribution in [0.25, 0.3) is 22.0 Å². The van der Waals surface area contributed by atoms with Crippen LogP contribution in [0.5, 0.6) is 0 Å². The Morgan fingerprint density at radius 3 is 2.58 bits per heavy atom. The van der Waals surface area contributed by atoms with E-state index in [-0.39, 0.29) is 23.5 Å². The van der Waals surface area contributed by atoms with E-state index in [1.54, 1.807) is 25.1 Å². The van der Waals surface area contributed by atoms with Gasteiger partial charge in [0, 0.05) is 24.0 Å². The first-order valence-electron chi connectivity index (χ1n) is 7.86. The van der Waals surface area contributed by atoms with Crippen LogP contribution in [0.3, 0.4) is 0 Å². The number of carbonyl (C=O) groups is 1. The van der Waals surface area contributed by atoms with Crippen LogP contribution < -0.4 is 5.32 Å². The van der Waals surface area contributed by atoms with Crippen molar-refractivity contribution < 1.29 is 13.6 Å². The zero-order valence-electron chi connectivity index (χ0n) is 13.1. The van der Waals surface area contributed by atoms with Gasteiger partial charge in [-0.05, 0) is 41.8 Å². The number of aromatic nitrogens is 1. The molecule has 2 N–H and O–H groups in total. The number of benzene rings is 2. The van der Waals surface area contributed by atoms with Crippen molar-refractivity contribution in [1.82, 2.24) is 10.3 Å². The predicted molar refractivity (Wildman–Crippen MR) is 88.7 cm³/mol. The summed E-state index contributed by atoms with van der Waals surface area (Å²) in [6.45, 7) is 2.05. The number of carbonyl (C=O) groups excluding carboxylic acids is 1. The Kier molecular flexibility index (Phi) is 3.46. The highest BCUT2D eigenvalue weighted by Crippen LogP contribution is 2.36. The molecule has 5 heteroatoms. The topological polar surface area (TPSA) is 44.9 Å². The number of nitrogens with one attached hydrogen (secondary N) is 2. The molecule has 122 valence electrons. The van der Waals surface area contributed by atoms with Crippen molar-refractivity contribution in [1.29, 1.82) is 0 Å². The molecular weight excluding hydrogens is 310 g/mol. The van der Waals surface area contributed by atoms with Crippen LogP contribution in [0.2, 0.25) is 0 Å². The molecule has 3 nitrogen and oxygen atoms in total. The zero-order valence-corrected chi connectivity index (χ0v) is 13.1. The second-order valence-electron chi connectivity index (χ2n) is 6.18. The number of aromatic amines is 1. The second kappa shape index (κ2) is 5.53. The lowest BCUT2D eigenvalue weighted by molar-refractivity contribution is -0.119. The van der Waals surface area contributed by atoms with Gasteiger partial charge >= 0.3 is 0 Å². The average Bonchev–Trinajstić information content (AvgIpc) is 2.96. The molecule has 0 saturated carbocycles. The summed E-state index contributed by atoms with van der Waals surface area (Å²) < 4.78 is 27.5. The normalized spacial score (nSPS) is 17.0. The Morgan fingerprint density at radius 1 is 1.12 bits per heavy atom. The Hall–Kier alpha value is -2.53. The summed E-state index contributed by atoms with van der Waals surface area (Å²) in [5.41, 5.74) is 3.98. The summed E-state index contributed by atoms with van der Waals surface area (Å²) in [6, 6.07) is 9.06. The maximum Gasteiger partial charge on any atom is 0.147 e. The van der Waals surface area contributed by atoms with Gasteiger partial charge in [-0.15, -0.1) is 0 Å². The van der Waals surface area contributed by atoms with Crippen LogP contribution in [0.1, 0.15) is 18.2 Å². The largest absolute Gasteiger partial charge is 0.356 e. The number of Topliss-reactive ketones (excluding diaryl/α,β-unsaturated/α-hetero) is 1. The SMILES string of the molecule is CC(=O)C1Cc2[nH]c3c(F)ccc(-c4ccc(F)cc4)c3c2CN1. The van der Waals surface area contributed by atoms with Crippen LogP contribution in [0.4, 0.5) is 8.78 Å². The van der Waals surface area contributed by atoms with Gasteiger partial charge in [-0.25, -0.2) is 8.78 Å². The minimum absolute atomic E-state index is 0.0681. The summed E-state index contributed by atoms with van der Waals surface area (Å²) in [7, 11) is 0. The van der Waals surface area contributed by atoms with Crippen LogP contribution >= 0.6 is 0 Å². The third-order valence-electron chi connectivity index (χ3n) is 4.68. The second-order valence-corrected chi connectivity index (χ2v) is 6.18. The summed E-state index contributed by atoms with van der Waals surface area (Å²) in [6.07, 6.45) is 0.516. The van der Waals surface area contributed by atoms with E-state index in [1.807, 2.05) is 0 Å². The van der Waals surface area contributed by atoms with E-state index < -0.39 is 0 Å². The minimum Gasteiger partial charge on any atom is -0.356 e. The van der Waals surface area contributed by atoms with Gasteiger partial charge in [-0.1, -0.05) is 18.2 Å². The Morgan fingerprint density at radius 2 is 1.88 bits per heavy atom. The van der Waals surface area contributed by atoms with Gasteiger partial charge in [0.05, 0.1) is 11.6 Å². The van der Waals surface area contributed by atoms with Gasteiger partial charge in [0.1, 0.15) is 17.4 Å². The number of hydrogen-bond acceptors (Lipinski definition) is 2. The molecule has 1 unspecified atom stereocenters. The summed E-state index contributed by atoms with van der Waals surface area (Å²) in [5.74, 6) is -0.567. The molecule has 0 saturated heterocycles. The van der Waals surface area contributed by atoms with Crippen molar-refractivity contribution in [2.75, 3.05) is 0 Å². The fraction of sp³-hybridized carbons (Fsp3) is 0.211. The van der Waals surface area contributed by atoms with Crippen LogP contribution in [0, 0.1) is 11.6 Å². The average molecular weight is 326 g/mol. The number of hydrogen-bond donors (Lipinski definition) is 2. The van der Waals surface area contributed by atoms with Crippen molar-refractivity contribution in [2.24, 2.45) is 0 Å². The smallest absolute Gasteiger partial charge is 0.147 e. The lowest BCUT2D eigenvalue weighted by atomic mass is 9.94. The number of fused-ring (bicyclic) bond motifs is 3. The van der Waals surface area contributed by atoms with Gasteiger partial charge in [0.2, 0.25) is 0 Å². The number of halogens is 2. The highest BCUT2D eigenvalue weighted by Gasteiger charge is 2.26. The van der Waals surface area contributed by atoms with Crippen LogP contribution in [-0.4, -0.2) is 16.8 Å². The molecule has 0 radical (unpaired) electrons. The molecule has 2 aromatic carbocycles. The lowest BCUT2D eigenvalue weighted by Crippen LogP contribution is -2.40. The number of ketones is 1. The maximum atomic E-state index is 14.3. The van der Waals surface area contributed by atoms with E-state index in [9.17, 15) is 13.6 Å². The molecule has 1 aliphatic heterocycles. The zero-order chi connectivity index (χ0) is 16.8. The molecule has 2 heterocycles. The first-order valence-corrected chi connectivity index (χ1v) is 7.86. The summed E-state index contributed by atoms with van der Waals surface area (Å²) in [4.78, 5) is 14.8. The molecular formula is C19H16F2N2O. The molecule has 0 aliphatic carbocycles. The van der Waals surface area contributed by atoms with E-state index in [0.717, 1.165) is 27.8 Å². The maximum absolute atomic E-state index is 14.3. The fourth-order valence-corrected chi connectivity index (χ4v) is 3.42. The molecule has 24 heavy (non-hydrogen) atoms. The van der Waals surface area contributed by atoms with Gasteiger partial charge < -0.3 is 10.3 Å². The first kappa shape index (κ1) is 15.0. The monoisotopic (exact) mass is 326 g/mol. The van der Waals surface area contributed by atoms with Crippen LogP contribution in [0.15, 0.2) is 36.4 Å². The molecule has 4 rings (SSSR count). The minimum atomic E-state index is -0.329. The van der Waals surface area contributed by atoms with Crippen molar-refractivity contribution in [3.05, 3.63) is 59.3 Å². The summed E-state index contributed by atoms with van der Waals surface area (Å²) in [5, 5.41) is 4.01. The van der Waals surface area contributed by atoms with Gasteiger partial charge in [-0.2, -0.15) is 0 Å². The van der Waals surface area contributed by atoms with Crippen molar-refractivity contribution in [2.45, 2.75) is 25.9 Å². The standard InChI is InChI=1S/C19H16F2N2O/c1-10(24)16-8-17-14(9-22-16)18-13(6-7-15(21)19(18)23-17)11-2-4-12(20)5-3-11/h2-7,16,22-23H,8-9H2,1H3. The summed E-state index contributed by atoms with van der Waals surface area (Å²) >= 11 is 0. The van der Waals surface area contributed by atoms with Gasteiger partial charge in [0.25, 0.3) is 0 Å². The van der Waals surface area contributed by atoms with Gasteiger partial charge in [-0.3, -0.25) is 4.79 Å². The molecule has 1 aromatic heterocycles. The first-order chi connectivity index (χ1) is 11.5. The van der Waals surface area contributed by atoms with Crippen molar-refractivity contribution >= 4 is 16.7 Å². The Labute approximate surface area is 137 Å². The van der Waals surface area contributed by atoms with E-state index in [4.69, 9.17) is 0 Å². The van der Waals surface area contributed by atoms with Gasteiger partial charge in [0.15, 0.2) is 0 Å². The molecule has 0 amide bonds. The van der Waals surface area contributed by atoms with E-state index in [1.165, 1.54) is 18.2 Å². The van der Waals surface area contributed by atoms with E-state index in [2.05, 4.69) is 10.3 Å². The number of H-pyrrole nitrogens is 1. The Bertz CT molecular complexity index is 944. The fourth-order valence-electron chi connectivity index (χ4n) is 3.42. The number of rotatable bonds is 2. The third kappa shape index (κ3) is 2.32. The van der Waals surface area contributed by atoms with E-state index >= 15 is 0 Å². The molecule has 0 bridgehead atoms. The molecule has 1 atom stereocenters. The Balaban J connectivity index is 1.92. The van der Waals surface area contributed by atoms with E-state index in [0.29, 0.717) is 18.5 Å². The molecule has 1 aliphatic rings. The third-order valence-corrected chi connectivity index (χ3v) is 4.68.